The third-order valence-corrected chi connectivity index (χ3v) is 7.81. The number of benzene rings is 2. The molecule has 0 amide bonds. The predicted molar refractivity (Wildman–Crippen MR) is 122 cm³/mol. The van der Waals surface area contributed by atoms with Crippen molar-refractivity contribution in [2.45, 2.75) is 50.5 Å². The first-order valence-electron chi connectivity index (χ1n) is 11.8. The van der Waals surface area contributed by atoms with Crippen LogP contribution in [-0.4, -0.2) is 43.5 Å². The van der Waals surface area contributed by atoms with Crippen LogP contribution < -0.4 is 9.47 Å². The summed E-state index contributed by atoms with van der Waals surface area (Å²) in [7, 11) is 1.61. The molecule has 2 bridgehead atoms. The molecule has 0 spiro atoms. The highest BCUT2D eigenvalue weighted by molar-refractivity contribution is 5.97. The van der Waals surface area contributed by atoms with Crippen LogP contribution in [-0.2, 0) is 0 Å². The van der Waals surface area contributed by atoms with Crippen molar-refractivity contribution in [1.29, 1.82) is 0 Å². The third-order valence-electron chi connectivity index (χ3n) is 7.81. The Kier molecular flexibility index (Phi) is 5.99. The highest BCUT2D eigenvalue weighted by atomic mass is 16.5. The number of rotatable bonds is 7. The van der Waals surface area contributed by atoms with E-state index in [0.717, 1.165) is 23.6 Å². The number of piperidine rings is 1. The highest BCUT2D eigenvalue weighted by Crippen LogP contribution is 2.47. The molecule has 2 aromatic carbocycles. The van der Waals surface area contributed by atoms with Crippen molar-refractivity contribution in [2.75, 3.05) is 26.8 Å². The van der Waals surface area contributed by atoms with E-state index >= 15 is 0 Å². The minimum absolute atomic E-state index is 0.0280. The fourth-order valence-electron chi connectivity index (χ4n) is 6.17. The van der Waals surface area contributed by atoms with Crippen molar-refractivity contribution in [3.63, 3.8) is 0 Å². The van der Waals surface area contributed by atoms with Gasteiger partial charge in [-0.25, -0.2) is 0 Å². The normalized spacial score (nSPS) is 26.2. The van der Waals surface area contributed by atoms with Crippen LogP contribution in [0.25, 0.3) is 0 Å². The molecular formula is C27H33NO3. The SMILES string of the molecule is COc1cccc(C(=O)COc2ccccc2C2CCN([C@H]3CC4CCC3C4)CC2)c1. The second kappa shape index (κ2) is 9.04. The Morgan fingerprint density at radius 2 is 1.84 bits per heavy atom. The number of hydrogen-bond donors (Lipinski definition) is 0. The monoisotopic (exact) mass is 419 g/mol. The molecule has 1 heterocycles. The lowest BCUT2D eigenvalue weighted by Crippen LogP contribution is -2.43. The van der Waals surface area contributed by atoms with Crippen LogP contribution in [0.3, 0.4) is 0 Å². The van der Waals surface area contributed by atoms with Gasteiger partial charge in [-0.05, 0) is 86.7 Å². The summed E-state index contributed by atoms with van der Waals surface area (Å²) in [6, 6.07) is 16.4. The summed E-state index contributed by atoms with van der Waals surface area (Å²) in [5.74, 6) is 3.99. The maximum absolute atomic E-state index is 12.6. The van der Waals surface area contributed by atoms with Crippen LogP contribution in [0.2, 0.25) is 0 Å². The van der Waals surface area contributed by atoms with Gasteiger partial charge in [-0.3, -0.25) is 4.79 Å². The molecule has 3 aliphatic rings. The zero-order valence-electron chi connectivity index (χ0n) is 18.5. The maximum atomic E-state index is 12.6. The van der Waals surface area contributed by atoms with Crippen LogP contribution in [0.5, 0.6) is 11.5 Å². The number of carbonyl (C=O) groups is 1. The van der Waals surface area contributed by atoms with Crippen LogP contribution in [0.4, 0.5) is 0 Å². The van der Waals surface area contributed by atoms with Gasteiger partial charge in [-0.1, -0.05) is 36.8 Å². The van der Waals surface area contributed by atoms with Crippen LogP contribution in [0.15, 0.2) is 48.5 Å². The average molecular weight is 420 g/mol. The van der Waals surface area contributed by atoms with Gasteiger partial charge in [0, 0.05) is 11.6 Å². The Bertz CT molecular complexity index is 918. The molecule has 4 heteroatoms. The van der Waals surface area contributed by atoms with Crippen molar-refractivity contribution in [1.82, 2.24) is 4.90 Å². The number of hydrogen-bond acceptors (Lipinski definition) is 4. The van der Waals surface area contributed by atoms with Crippen molar-refractivity contribution in [2.24, 2.45) is 11.8 Å². The summed E-state index contributed by atoms with van der Waals surface area (Å²) in [6.07, 6.45) is 8.18. The quantitative estimate of drug-likeness (QED) is 0.569. The Balaban J connectivity index is 1.20. The summed E-state index contributed by atoms with van der Waals surface area (Å²) < 4.78 is 11.3. The number of fused-ring (bicyclic) bond motifs is 2. The fourth-order valence-corrected chi connectivity index (χ4v) is 6.17. The second-order valence-corrected chi connectivity index (χ2v) is 9.53. The number of carbonyl (C=O) groups excluding carboxylic acids is 1. The van der Waals surface area contributed by atoms with Gasteiger partial charge in [0.05, 0.1) is 7.11 Å². The van der Waals surface area contributed by atoms with E-state index in [1.807, 2.05) is 30.3 Å². The number of likely N-dealkylation sites (tertiary alicyclic amines) is 1. The van der Waals surface area contributed by atoms with Crippen molar-refractivity contribution in [3.8, 4) is 11.5 Å². The Morgan fingerprint density at radius 3 is 2.58 bits per heavy atom. The van der Waals surface area contributed by atoms with Gasteiger partial charge < -0.3 is 14.4 Å². The summed E-state index contributed by atoms with van der Waals surface area (Å²) >= 11 is 0. The van der Waals surface area contributed by atoms with Gasteiger partial charge in [0.15, 0.2) is 12.4 Å². The largest absolute Gasteiger partial charge is 0.497 e. The van der Waals surface area contributed by atoms with Gasteiger partial charge in [-0.2, -0.15) is 0 Å². The van der Waals surface area contributed by atoms with Gasteiger partial charge in [-0.15, -0.1) is 0 Å². The van der Waals surface area contributed by atoms with Gasteiger partial charge in [0.2, 0.25) is 0 Å². The lowest BCUT2D eigenvalue weighted by Gasteiger charge is -2.40. The minimum atomic E-state index is -0.0280. The average Bonchev–Trinajstić information content (AvgIpc) is 3.47. The van der Waals surface area contributed by atoms with E-state index in [2.05, 4.69) is 17.0 Å². The first-order chi connectivity index (χ1) is 15.2. The first kappa shape index (κ1) is 20.6. The number of methoxy groups -OCH3 is 1. The molecule has 3 fully saturated rings. The molecule has 0 N–H and O–H groups in total. The van der Waals surface area contributed by atoms with Crippen LogP contribution in [0, 0.1) is 11.8 Å². The number of ketones is 1. The summed E-state index contributed by atoms with van der Waals surface area (Å²) in [4.78, 5) is 15.4. The zero-order valence-corrected chi connectivity index (χ0v) is 18.5. The number of Topliss-reactive ketones (excluding diaryl/α,β-unsaturated/α-hetero) is 1. The van der Waals surface area contributed by atoms with Gasteiger partial charge in [0.25, 0.3) is 0 Å². The molecule has 2 aliphatic carbocycles. The van der Waals surface area contributed by atoms with E-state index in [4.69, 9.17) is 9.47 Å². The van der Waals surface area contributed by atoms with E-state index in [-0.39, 0.29) is 12.4 Å². The summed E-state index contributed by atoms with van der Waals surface area (Å²) in [5, 5.41) is 0. The Labute approximate surface area is 185 Å². The molecule has 1 aliphatic heterocycles. The van der Waals surface area contributed by atoms with Crippen molar-refractivity contribution < 1.29 is 14.3 Å². The third kappa shape index (κ3) is 4.36. The molecule has 164 valence electrons. The molecule has 31 heavy (non-hydrogen) atoms. The van der Waals surface area contributed by atoms with E-state index in [1.165, 1.54) is 57.2 Å². The molecular weight excluding hydrogens is 386 g/mol. The molecule has 2 aromatic rings. The molecule has 2 unspecified atom stereocenters. The highest BCUT2D eigenvalue weighted by Gasteiger charge is 2.43. The summed E-state index contributed by atoms with van der Waals surface area (Å²) in [6.45, 7) is 2.43. The van der Waals surface area contributed by atoms with Gasteiger partial charge in [0.1, 0.15) is 11.5 Å². The van der Waals surface area contributed by atoms with Crippen LogP contribution >= 0.6 is 0 Å². The van der Waals surface area contributed by atoms with Crippen LogP contribution in [0.1, 0.15) is 60.4 Å². The molecule has 1 saturated heterocycles. The molecule has 0 radical (unpaired) electrons. The van der Waals surface area contributed by atoms with E-state index < -0.39 is 0 Å². The molecule has 5 rings (SSSR count). The summed E-state index contributed by atoms with van der Waals surface area (Å²) in [5.41, 5.74) is 1.88. The van der Waals surface area contributed by atoms with E-state index in [0.29, 0.717) is 17.2 Å². The Morgan fingerprint density at radius 1 is 1.00 bits per heavy atom. The zero-order chi connectivity index (χ0) is 21.2. The van der Waals surface area contributed by atoms with Crippen molar-refractivity contribution >= 4 is 5.78 Å². The molecule has 4 nitrogen and oxygen atoms in total. The number of ether oxygens (including phenoxy) is 2. The second-order valence-electron chi connectivity index (χ2n) is 9.53. The Hall–Kier alpha value is -2.33. The molecule has 0 aromatic heterocycles. The molecule has 2 saturated carbocycles. The number of nitrogens with zero attached hydrogens (tertiary/aromatic N) is 1. The molecule has 3 atom stereocenters. The lowest BCUT2D eigenvalue weighted by molar-refractivity contribution is 0.0917. The van der Waals surface area contributed by atoms with Crippen molar-refractivity contribution in [3.05, 3.63) is 59.7 Å². The van der Waals surface area contributed by atoms with E-state index in [1.54, 1.807) is 13.2 Å². The smallest absolute Gasteiger partial charge is 0.200 e. The minimum Gasteiger partial charge on any atom is -0.497 e. The number of para-hydroxylation sites is 1. The predicted octanol–water partition coefficient (Wildman–Crippen LogP) is 5.32. The fraction of sp³-hybridized carbons (Fsp3) is 0.519. The maximum Gasteiger partial charge on any atom is 0.200 e. The van der Waals surface area contributed by atoms with Gasteiger partial charge >= 0.3 is 0 Å². The topological polar surface area (TPSA) is 38.8 Å². The standard InChI is InChI=1S/C27H33NO3/c1-30-23-6-4-5-22(17-23)26(29)18-31-27-8-3-2-7-24(27)20-11-13-28(14-12-20)25-16-19-9-10-21(25)15-19/h2-8,17,19-21,25H,9-16,18H2,1H3/t19?,21?,25-/m0/s1. The first-order valence-corrected chi connectivity index (χ1v) is 11.8. The lowest BCUT2D eigenvalue weighted by atomic mass is 9.86. The van der Waals surface area contributed by atoms with E-state index in [9.17, 15) is 4.79 Å².